The number of hydrogen-bond donors (Lipinski definition) is 0. The molecule has 0 radical (unpaired) electrons. The van der Waals surface area contributed by atoms with E-state index in [2.05, 4.69) is 0 Å². The monoisotopic (exact) mass is 444 g/mol. The maximum Gasteiger partial charge on any atom is 0.254 e. The van der Waals surface area contributed by atoms with Crippen LogP contribution in [0.3, 0.4) is 0 Å². The highest BCUT2D eigenvalue weighted by Gasteiger charge is 2.27. The predicted octanol–water partition coefficient (Wildman–Crippen LogP) is 4.10. The molecule has 0 bridgehead atoms. The van der Waals surface area contributed by atoms with Crippen molar-refractivity contribution < 1.29 is 17.9 Å². The van der Waals surface area contributed by atoms with Crippen molar-refractivity contribution in [3.8, 4) is 5.75 Å². The van der Waals surface area contributed by atoms with Crippen molar-refractivity contribution in [1.29, 1.82) is 0 Å². The van der Waals surface area contributed by atoms with Gasteiger partial charge in [0, 0.05) is 30.1 Å². The van der Waals surface area contributed by atoms with E-state index in [4.69, 9.17) is 16.3 Å². The van der Waals surface area contributed by atoms with E-state index in [0.29, 0.717) is 36.1 Å². The summed E-state index contributed by atoms with van der Waals surface area (Å²) in [5.41, 5.74) is 0.302. The molecule has 1 amide bonds. The summed E-state index contributed by atoms with van der Waals surface area (Å²) in [6.45, 7) is 6.99. The molecule has 0 aliphatic carbocycles. The van der Waals surface area contributed by atoms with E-state index >= 15 is 0 Å². The summed E-state index contributed by atoms with van der Waals surface area (Å²) in [4.78, 5) is 15.6. The number of nitrogens with zero attached hydrogens (tertiary/aromatic N) is 2. The van der Waals surface area contributed by atoms with E-state index in [-0.39, 0.29) is 16.6 Å². The van der Waals surface area contributed by atoms with Crippen LogP contribution in [0, 0.1) is 0 Å². The summed E-state index contributed by atoms with van der Waals surface area (Å²) >= 11 is 7.39. The molecule has 0 unspecified atom stereocenters. The number of halogens is 1. The Bertz CT molecular complexity index is 924. The van der Waals surface area contributed by atoms with Crippen LogP contribution in [-0.4, -0.2) is 50.3 Å². The van der Waals surface area contributed by atoms with Crippen LogP contribution in [-0.2, 0) is 16.6 Å². The Kier molecular flexibility index (Phi) is 7.88. The summed E-state index contributed by atoms with van der Waals surface area (Å²) in [5, 5.41) is 0. The van der Waals surface area contributed by atoms with Crippen LogP contribution in [0.25, 0.3) is 0 Å². The number of rotatable bonds is 9. The van der Waals surface area contributed by atoms with Crippen LogP contribution in [0.2, 0.25) is 4.34 Å². The maximum absolute atomic E-state index is 13.0. The molecule has 1 aromatic carbocycles. The third kappa shape index (κ3) is 4.86. The Morgan fingerprint density at radius 1 is 1.11 bits per heavy atom. The molecule has 0 saturated heterocycles. The van der Waals surface area contributed by atoms with Gasteiger partial charge < -0.3 is 9.64 Å². The first-order valence-electron chi connectivity index (χ1n) is 9.00. The molecule has 9 heteroatoms. The molecule has 0 N–H and O–H groups in total. The predicted molar refractivity (Wildman–Crippen MR) is 113 cm³/mol. The normalized spacial score (nSPS) is 11.6. The number of sulfonamides is 1. The van der Waals surface area contributed by atoms with E-state index in [0.717, 1.165) is 4.88 Å². The van der Waals surface area contributed by atoms with Crippen LogP contribution in [0.4, 0.5) is 0 Å². The highest BCUT2D eigenvalue weighted by Crippen LogP contribution is 2.29. The zero-order valence-corrected chi connectivity index (χ0v) is 18.8. The van der Waals surface area contributed by atoms with Gasteiger partial charge in [0.1, 0.15) is 10.6 Å². The van der Waals surface area contributed by atoms with Gasteiger partial charge in [-0.3, -0.25) is 4.79 Å². The van der Waals surface area contributed by atoms with E-state index in [1.54, 1.807) is 30.9 Å². The number of carbonyl (C=O) groups is 1. The van der Waals surface area contributed by atoms with Crippen LogP contribution in [0.5, 0.6) is 5.75 Å². The quantitative estimate of drug-likeness (QED) is 0.583. The minimum absolute atomic E-state index is 0.000212. The van der Waals surface area contributed by atoms with Gasteiger partial charge in [-0.1, -0.05) is 25.4 Å². The average molecular weight is 445 g/mol. The Morgan fingerprint density at radius 2 is 1.79 bits per heavy atom. The molecule has 0 atom stereocenters. The van der Waals surface area contributed by atoms with Crippen molar-refractivity contribution in [2.45, 2.75) is 32.2 Å². The summed E-state index contributed by atoms with van der Waals surface area (Å²) < 4.78 is 33.2. The molecular formula is C19H25ClN2O4S2. The van der Waals surface area contributed by atoms with Crippen molar-refractivity contribution in [1.82, 2.24) is 9.21 Å². The SMILES string of the molecule is CCN(Cc1ccc(Cl)s1)C(=O)c1ccc(OC)c(S(=O)(=O)N(CC)CC)c1. The zero-order valence-electron chi connectivity index (χ0n) is 16.4. The van der Waals surface area contributed by atoms with E-state index < -0.39 is 10.0 Å². The minimum atomic E-state index is -3.77. The maximum atomic E-state index is 13.0. The molecule has 0 spiro atoms. The highest BCUT2D eigenvalue weighted by molar-refractivity contribution is 7.89. The Morgan fingerprint density at radius 3 is 2.29 bits per heavy atom. The van der Waals surface area contributed by atoms with Crippen LogP contribution < -0.4 is 4.74 Å². The molecule has 1 heterocycles. The molecule has 6 nitrogen and oxygen atoms in total. The van der Waals surface area contributed by atoms with Gasteiger partial charge in [0.15, 0.2) is 0 Å². The van der Waals surface area contributed by atoms with Gasteiger partial charge in [0.25, 0.3) is 5.91 Å². The largest absolute Gasteiger partial charge is 0.495 e. The molecule has 0 aliphatic heterocycles. The minimum Gasteiger partial charge on any atom is -0.495 e. The molecule has 28 heavy (non-hydrogen) atoms. The lowest BCUT2D eigenvalue weighted by Gasteiger charge is -2.23. The number of methoxy groups -OCH3 is 1. The summed E-state index contributed by atoms with van der Waals surface area (Å²) in [5.74, 6) is -0.0257. The van der Waals surface area contributed by atoms with Gasteiger partial charge in [0.2, 0.25) is 10.0 Å². The van der Waals surface area contributed by atoms with Gasteiger partial charge in [-0.05, 0) is 37.3 Å². The van der Waals surface area contributed by atoms with Crippen molar-refractivity contribution in [3.63, 3.8) is 0 Å². The fourth-order valence-corrected chi connectivity index (χ4v) is 5.59. The van der Waals surface area contributed by atoms with Crippen LogP contribution >= 0.6 is 22.9 Å². The average Bonchev–Trinajstić information content (AvgIpc) is 3.10. The lowest BCUT2D eigenvalue weighted by atomic mass is 10.2. The first-order chi connectivity index (χ1) is 13.3. The Hall–Kier alpha value is -1.61. The molecular weight excluding hydrogens is 420 g/mol. The number of ether oxygens (including phenoxy) is 1. The Labute approximate surface area is 175 Å². The second kappa shape index (κ2) is 9.73. The Balaban J connectivity index is 2.41. The second-order valence-electron chi connectivity index (χ2n) is 5.98. The lowest BCUT2D eigenvalue weighted by Crippen LogP contribution is -2.32. The van der Waals surface area contributed by atoms with E-state index in [1.807, 2.05) is 13.0 Å². The van der Waals surface area contributed by atoms with Crippen molar-refractivity contribution >= 4 is 38.9 Å². The summed E-state index contributed by atoms with van der Waals surface area (Å²) in [6, 6.07) is 8.19. The molecule has 0 saturated carbocycles. The number of amides is 1. The van der Waals surface area contributed by atoms with Gasteiger partial charge in [-0.2, -0.15) is 4.31 Å². The first kappa shape index (κ1) is 22.7. The molecule has 2 aromatic rings. The molecule has 1 aromatic heterocycles. The van der Waals surface area contributed by atoms with Crippen molar-refractivity contribution in [2.75, 3.05) is 26.7 Å². The first-order valence-corrected chi connectivity index (χ1v) is 11.6. The van der Waals surface area contributed by atoms with Gasteiger partial charge in [-0.15, -0.1) is 11.3 Å². The molecule has 154 valence electrons. The van der Waals surface area contributed by atoms with E-state index in [9.17, 15) is 13.2 Å². The van der Waals surface area contributed by atoms with Crippen molar-refractivity contribution in [3.05, 3.63) is 45.1 Å². The lowest BCUT2D eigenvalue weighted by molar-refractivity contribution is 0.0754. The molecule has 0 fully saturated rings. The summed E-state index contributed by atoms with van der Waals surface area (Å²) in [7, 11) is -2.35. The van der Waals surface area contributed by atoms with Crippen molar-refractivity contribution in [2.24, 2.45) is 0 Å². The fraction of sp³-hybridized carbons (Fsp3) is 0.421. The smallest absolute Gasteiger partial charge is 0.254 e. The van der Waals surface area contributed by atoms with Gasteiger partial charge >= 0.3 is 0 Å². The third-order valence-corrected chi connectivity index (χ3v) is 7.67. The van der Waals surface area contributed by atoms with E-state index in [1.165, 1.54) is 34.9 Å². The summed E-state index contributed by atoms with van der Waals surface area (Å²) in [6.07, 6.45) is 0. The topological polar surface area (TPSA) is 66.9 Å². The second-order valence-corrected chi connectivity index (χ2v) is 9.69. The van der Waals surface area contributed by atoms with Crippen LogP contribution in [0.1, 0.15) is 36.0 Å². The third-order valence-electron chi connectivity index (χ3n) is 4.38. The van der Waals surface area contributed by atoms with Gasteiger partial charge in [-0.25, -0.2) is 8.42 Å². The molecule has 2 rings (SSSR count). The number of carbonyl (C=O) groups excluding carboxylic acids is 1. The number of hydrogen-bond acceptors (Lipinski definition) is 5. The number of benzene rings is 1. The fourth-order valence-electron chi connectivity index (χ4n) is 2.85. The highest BCUT2D eigenvalue weighted by atomic mass is 35.5. The van der Waals surface area contributed by atoms with Gasteiger partial charge in [0.05, 0.1) is 18.0 Å². The standard InChI is InChI=1S/C19H25ClN2O4S2/c1-5-21(13-15-9-11-18(20)27-15)19(23)14-8-10-16(26-4)17(12-14)28(24,25)22(6-2)7-3/h8-12H,5-7,13H2,1-4H3. The number of thiophene rings is 1. The van der Waals surface area contributed by atoms with Crippen LogP contribution in [0.15, 0.2) is 35.2 Å². The zero-order chi connectivity index (χ0) is 20.9. The molecule has 0 aliphatic rings.